The van der Waals surface area contributed by atoms with Gasteiger partial charge in [-0.05, 0) is 0 Å². The van der Waals surface area contributed by atoms with Crippen LogP contribution in [0.2, 0.25) is 0 Å². The summed E-state index contributed by atoms with van der Waals surface area (Å²) in [5.41, 5.74) is 14.2. The first-order valence-electron chi connectivity index (χ1n) is 12.4. The second-order valence-corrected chi connectivity index (χ2v) is 11.8. The van der Waals surface area contributed by atoms with E-state index in [0.717, 1.165) is 0 Å². The van der Waals surface area contributed by atoms with Gasteiger partial charge in [0.05, 0.1) is 0 Å². The molecule has 0 aliphatic heterocycles. The molecule has 0 bridgehead atoms. The summed E-state index contributed by atoms with van der Waals surface area (Å²) >= 11 is 2.45. The van der Waals surface area contributed by atoms with Gasteiger partial charge >= 0.3 is 223 Å². The molecule has 1 aliphatic rings. The predicted octanol–water partition coefficient (Wildman–Crippen LogP) is 9.61. The van der Waals surface area contributed by atoms with Crippen LogP contribution in [0.1, 0.15) is 61.2 Å². The average molecular weight is 599 g/mol. The molecule has 5 rings (SSSR count). The molecule has 0 heterocycles. The summed E-state index contributed by atoms with van der Waals surface area (Å²) in [4.78, 5) is 0. The molecular formula is C34H36Cl3Ti. The molecule has 1 unspecified atom stereocenters. The summed E-state index contributed by atoms with van der Waals surface area (Å²) in [6.07, 6.45) is 4.79. The van der Waals surface area contributed by atoms with Crippen LogP contribution in [0, 0.1) is 41.5 Å². The van der Waals surface area contributed by atoms with Gasteiger partial charge in [-0.1, -0.05) is 0 Å². The van der Waals surface area contributed by atoms with E-state index in [-0.39, 0.29) is 40.9 Å². The summed E-state index contributed by atoms with van der Waals surface area (Å²) in [5.74, 6) is 0. The molecule has 4 aromatic carbocycles. The SMILES string of the molecule is Cc1cc(C)cc(C(c2cc(C)cc(C)c2)(c2cc(C)cc(C)c2)[C]2([Ti])C=Cc3ccccc32)c1.Cl.Cl.Cl. The van der Waals surface area contributed by atoms with Gasteiger partial charge in [-0.15, -0.1) is 37.2 Å². The third-order valence-corrected chi connectivity index (χ3v) is 8.72. The number of halogens is 3. The number of aryl methyl sites for hydroxylation is 6. The average Bonchev–Trinajstić information content (AvgIpc) is 3.10. The van der Waals surface area contributed by atoms with E-state index < -0.39 is 5.41 Å². The maximum Gasteiger partial charge on any atom is -0.147 e. The van der Waals surface area contributed by atoms with Crippen molar-refractivity contribution in [1.82, 2.24) is 0 Å². The van der Waals surface area contributed by atoms with Crippen LogP contribution < -0.4 is 0 Å². The molecule has 1 atom stereocenters. The number of benzene rings is 4. The Bertz CT molecular complexity index is 1300. The Morgan fingerprint density at radius 3 is 1.24 bits per heavy atom. The van der Waals surface area contributed by atoms with Crippen molar-refractivity contribution in [1.29, 1.82) is 0 Å². The topological polar surface area (TPSA) is 0 Å². The van der Waals surface area contributed by atoms with Crippen LogP contribution in [0.4, 0.5) is 0 Å². The normalized spacial score (nSPS) is 15.6. The van der Waals surface area contributed by atoms with E-state index in [2.05, 4.69) is 153 Å². The minimum Gasteiger partial charge on any atom is -0.147 e. The van der Waals surface area contributed by atoms with Crippen molar-refractivity contribution in [2.45, 2.75) is 50.7 Å². The maximum absolute atomic E-state index is 2.46. The Kier molecular flexibility index (Phi) is 10.4. The van der Waals surface area contributed by atoms with Crippen molar-refractivity contribution in [3.05, 3.63) is 146 Å². The fourth-order valence-electron chi connectivity index (χ4n) is 6.39. The molecule has 0 aromatic heterocycles. The largest absolute Gasteiger partial charge is 0.147 e. The number of rotatable bonds is 4. The van der Waals surface area contributed by atoms with Gasteiger partial charge < -0.3 is 0 Å². The van der Waals surface area contributed by atoms with E-state index in [1.807, 2.05) is 0 Å². The van der Waals surface area contributed by atoms with Crippen LogP contribution in [-0.2, 0) is 29.6 Å². The quantitative estimate of drug-likeness (QED) is 0.162. The number of fused-ring (bicyclic) bond motifs is 1. The Morgan fingerprint density at radius 2 is 0.868 bits per heavy atom. The van der Waals surface area contributed by atoms with Gasteiger partial charge in [-0.3, -0.25) is 0 Å². The van der Waals surface area contributed by atoms with E-state index in [0.29, 0.717) is 0 Å². The molecule has 38 heavy (non-hydrogen) atoms. The van der Waals surface area contributed by atoms with Crippen molar-refractivity contribution in [3.63, 3.8) is 0 Å². The molecule has 0 saturated carbocycles. The second-order valence-electron chi connectivity index (χ2n) is 10.6. The first-order valence-corrected chi connectivity index (χ1v) is 13.2. The van der Waals surface area contributed by atoms with Crippen molar-refractivity contribution in [2.75, 3.05) is 0 Å². The van der Waals surface area contributed by atoms with Crippen molar-refractivity contribution in [2.24, 2.45) is 0 Å². The number of hydrogen-bond acceptors (Lipinski definition) is 0. The summed E-state index contributed by atoms with van der Waals surface area (Å²) in [5, 5.41) is 0. The van der Waals surface area contributed by atoms with Gasteiger partial charge in [-0.25, -0.2) is 0 Å². The predicted molar refractivity (Wildman–Crippen MR) is 167 cm³/mol. The molecule has 0 saturated heterocycles. The van der Waals surface area contributed by atoms with Gasteiger partial charge in [0.15, 0.2) is 0 Å². The summed E-state index contributed by atoms with van der Waals surface area (Å²) in [6, 6.07) is 30.3. The van der Waals surface area contributed by atoms with Crippen LogP contribution >= 0.6 is 37.2 Å². The summed E-state index contributed by atoms with van der Waals surface area (Å²) < 4.78 is -0.274. The van der Waals surface area contributed by atoms with Gasteiger partial charge in [0.1, 0.15) is 0 Å². The number of hydrogen-bond donors (Lipinski definition) is 0. The Morgan fingerprint density at radius 1 is 0.526 bits per heavy atom. The van der Waals surface area contributed by atoms with Gasteiger partial charge in [0.2, 0.25) is 0 Å². The fourth-order valence-corrected chi connectivity index (χ4v) is 7.55. The zero-order chi connectivity index (χ0) is 25.0. The van der Waals surface area contributed by atoms with Crippen LogP contribution in [0.25, 0.3) is 6.08 Å². The van der Waals surface area contributed by atoms with Crippen LogP contribution in [-0.4, -0.2) is 0 Å². The second kappa shape index (κ2) is 12.2. The first kappa shape index (κ1) is 32.4. The molecule has 0 spiro atoms. The van der Waals surface area contributed by atoms with E-state index in [1.165, 1.54) is 61.2 Å². The minimum atomic E-state index is -0.402. The molecule has 0 radical (unpaired) electrons. The molecular weight excluding hydrogens is 563 g/mol. The van der Waals surface area contributed by atoms with Crippen molar-refractivity contribution in [3.8, 4) is 0 Å². The Balaban J connectivity index is 0.00000169. The number of allylic oxidation sites excluding steroid dienone is 1. The molecule has 4 aromatic rings. The zero-order valence-electron chi connectivity index (χ0n) is 22.9. The van der Waals surface area contributed by atoms with Crippen molar-refractivity contribution < 1.29 is 20.4 Å². The molecule has 4 heteroatoms. The Labute approximate surface area is 259 Å². The molecule has 197 valence electrons. The summed E-state index contributed by atoms with van der Waals surface area (Å²) in [7, 11) is 0. The maximum atomic E-state index is 2.46. The van der Waals surface area contributed by atoms with Crippen LogP contribution in [0.3, 0.4) is 0 Å². The first-order chi connectivity index (χ1) is 16.6. The van der Waals surface area contributed by atoms with E-state index in [1.54, 1.807) is 0 Å². The standard InChI is InChI=1S/C34H33.3ClH.Ti/c1-22-13-23(2)17-29(16-22)34(30-18-24(3)14-25(4)19-30,31-20-26(5)15-27(6)21-31)33-12-11-28-9-7-8-10-32(28)33;;;;/h7-21H,1-6H3;3*1H;. The van der Waals surface area contributed by atoms with Gasteiger partial charge in [-0.2, -0.15) is 0 Å². The molecule has 0 amide bonds. The van der Waals surface area contributed by atoms with Gasteiger partial charge in [0, 0.05) is 0 Å². The van der Waals surface area contributed by atoms with E-state index in [4.69, 9.17) is 0 Å². The van der Waals surface area contributed by atoms with Crippen LogP contribution in [0.15, 0.2) is 84.9 Å². The Hall–Kier alpha value is -1.80. The smallest absolute Gasteiger partial charge is 0.147 e. The van der Waals surface area contributed by atoms with Gasteiger partial charge in [0.25, 0.3) is 0 Å². The monoisotopic (exact) mass is 597 g/mol. The fraction of sp³-hybridized carbons (Fsp3) is 0.235. The van der Waals surface area contributed by atoms with E-state index in [9.17, 15) is 0 Å². The third-order valence-electron chi connectivity index (χ3n) is 7.45. The molecule has 0 fully saturated rings. The third kappa shape index (κ3) is 5.32. The summed E-state index contributed by atoms with van der Waals surface area (Å²) in [6.45, 7) is 13.4. The van der Waals surface area contributed by atoms with Crippen LogP contribution in [0.5, 0.6) is 0 Å². The molecule has 0 N–H and O–H groups in total. The minimum absolute atomic E-state index is 0. The molecule has 1 aliphatic carbocycles. The molecule has 0 nitrogen and oxygen atoms in total. The van der Waals surface area contributed by atoms with E-state index >= 15 is 0 Å². The zero-order valence-corrected chi connectivity index (χ0v) is 26.9. The van der Waals surface area contributed by atoms with Crippen molar-refractivity contribution >= 4 is 43.3 Å².